The molecule has 0 bridgehead atoms. The van der Waals surface area contributed by atoms with Crippen LogP contribution in [-0.4, -0.2) is 39.5 Å². The number of imide groups is 1. The first kappa shape index (κ1) is 21.7. The molecule has 0 saturated carbocycles. The Labute approximate surface area is 201 Å². The molecule has 10 heteroatoms. The largest absolute Gasteiger partial charge is 0.359 e. The van der Waals surface area contributed by atoms with E-state index in [4.69, 9.17) is 0 Å². The fourth-order valence-corrected chi connectivity index (χ4v) is 5.32. The predicted octanol–water partition coefficient (Wildman–Crippen LogP) is 3.38. The van der Waals surface area contributed by atoms with Gasteiger partial charge in [-0.15, -0.1) is 0 Å². The quantitative estimate of drug-likeness (QED) is 0.263. The summed E-state index contributed by atoms with van der Waals surface area (Å²) in [6.45, 7) is 0. The number of Topliss-reactive ketones (excluding diaryl/α,β-unsaturated/α-hetero) is 1. The zero-order chi connectivity index (χ0) is 24.1. The van der Waals surface area contributed by atoms with Crippen LogP contribution in [0.2, 0.25) is 0 Å². The lowest BCUT2D eigenvalue weighted by Crippen LogP contribution is -2.46. The van der Waals surface area contributed by atoms with E-state index in [0.29, 0.717) is 15.7 Å². The third-order valence-electron chi connectivity index (χ3n) is 6.35. The summed E-state index contributed by atoms with van der Waals surface area (Å²) in [5.74, 6) is -3.38. The van der Waals surface area contributed by atoms with Gasteiger partial charge in [0.25, 0.3) is 5.69 Å². The van der Waals surface area contributed by atoms with E-state index in [1.165, 1.54) is 30.3 Å². The van der Waals surface area contributed by atoms with Crippen molar-refractivity contribution in [1.29, 1.82) is 5.26 Å². The molecule has 0 spiro atoms. The van der Waals surface area contributed by atoms with Gasteiger partial charge < -0.3 is 4.90 Å². The van der Waals surface area contributed by atoms with Crippen molar-refractivity contribution in [3.63, 3.8) is 0 Å². The SMILES string of the molecule is N#CC1=C[C@H]2[C@@H]3C(=O)N(c4cccc(Br)c4)C(=O)[C@@H]3[C@H](C(=O)c3cccc([N+](=O)[O-])c3)N2C=C1. The molecule has 4 atom stereocenters. The Morgan fingerprint density at radius 2 is 1.82 bits per heavy atom. The maximum atomic E-state index is 13.6. The van der Waals surface area contributed by atoms with Crippen molar-refractivity contribution in [1.82, 2.24) is 4.90 Å². The number of hydrogen-bond acceptors (Lipinski definition) is 7. The Morgan fingerprint density at radius 1 is 1.09 bits per heavy atom. The average Bonchev–Trinajstić information content (AvgIpc) is 3.30. The first-order valence-electron chi connectivity index (χ1n) is 10.3. The number of non-ortho nitro benzene ring substituents is 1. The molecule has 2 aromatic rings. The lowest BCUT2D eigenvalue weighted by molar-refractivity contribution is -0.384. The highest BCUT2D eigenvalue weighted by atomic mass is 79.9. The minimum Gasteiger partial charge on any atom is -0.359 e. The van der Waals surface area contributed by atoms with Gasteiger partial charge in [0.1, 0.15) is 6.04 Å². The van der Waals surface area contributed by atoms with Gasteiger partial charge in [0.2, 0.25) is 11.8 Å². The van der Waals surface area contributed by atoms with Crippen molar-refractivity contribution in [3.8, 4) is 6.07 Å². The van der Waals surface area contributed by atoms with Gasteiger partial charge in [0.15, 0.2) is 5.78 Å². The van der Waals surface area contributed by atoms with E-state index in [9.17, 15) is 29.8 Å². The highest BCUT2D eigenvalue weighted by molar-refractivity contribution is 9.10. The summed E-state index contributed by atoms with van der Waals surface area (Å²) in [4.78, 5) is 54.1. The summed E-state index contributed by atoms with van der Waals surface area (Å²) in [5, 5.41) is 20.6. The lowest BCUT2D eigenvalue weighted by atomic mass is 9.86. The smallest absolute Gasteiger partial charge is 0.270 e. The van der Waals surface area contributed by atoms with Gasteiger partial charge in [-0.1, -0.05) is 34.1 Å². The summed E-state index contributed by atoms with van der Waals surface area (Å²) in [5.41, 5.74) is 0.526. The van der Waals surface area contributed by atoms with Crippen LogP contribution in [-0.2, 0) is 9.59 Å². The van der Waals surface area contributed by atoms with Crippen LogP contribution < -0.4 is 4.90 Å². The maximum Gasteiger partial charge on any atom is 0.270 e. The van der Waals surface area contributed by atoms with Gasteiger partial charge in [-0.25, -0.2) is 4.90 Å². The van der Waals surface area contributed by atoms with E-state index in [-0.39, 0.29) is 11.3 Å². The Balaban J connectivity index is 1.61. The molecule has 168 valence electrons. The number of rotatable bonds is 4. The molecule has 9 nitrogen and oxygen atoms in total. The van der Waals surface area contributed by atoms with Crippen LogP contribution in [0.3, 0.4) is 0 Å². The molecule has 2 amide bonds. The van der Waals surface area contributed by atoms with Crippen LogP contribution >= 0.6 is 15.9 Å². The molecule has 3 aliphatic heterocycles. The van der Waals surface area contributed by atoms with Crippen LogP contribution in [0.15, 0.2) is 76.9 Å². The topological polar surface area (TPSA) is 125 Å². The number of allylic oxidation sites excluding steroid dienone is 2. The van der Waals surface area contributed by atoms with Gasteiger partial charge in [0.05, 0.1) is 40.1 Å². The molecule has 0 aromatic heterocycles. The molecule has 0 N–H and O–H groups in total. The fraction of sp³-hybridized carbons (Fsp3) is 0.167. The van der Waals surface area contributed by atoms with E-state index in [1.54, 1.807) is 41.4 Å². The zero-order valence-electron chi connectivity index (χ0n) is 17.4. The van der Waals surface area contributed by atoms with E-state index in [1.807, 2.05) is 6.07 Å². The van der Waals surface area contributed by atoms with Gasteiger partial charge >= 0.3 is 0 Å². The second-order valence-corrected chi connectivity index (χ2v) is 9.06. The van der Waals surface area contributed by atoms with Crippen molar-refractivity contribution in [2.75, 3.05) is 4.90 Å². The van der Waals surface area contributed by atoms with E-state index in [0.717, 1.165) is 4.90 Å². The Kier molecular flexibility index (Phi) is 5.14. The molecule has 0 unspecified atom stereocenters. The van der Waals surface area contributed by atoms with E-state index in [2.05, 4.69) is 15.9 Å². The van der Waals surface area contributed by atoms with E-state index < -0.39 is 46.4 Å². The molecule has 2 fully saturated rings. The molecule has 2 saturated heterocycles. The Morgan fingerprint density at radius 3 is 2.53 bits per heavy atom. The third kappa shape index (κ3) is 3.24. The Hall–Kier alpha value is -4.10. The first-order chi connectivity index (χ1) is 16.3. The standard InChI is InChI=1S/C24H15BrN4O5/c25-15-4-2-5-16(11-15)28-23(31)19-18-9-13(12-26)7-8-27(18)21(20(19)24(28)32)22(30)14-3-1-6-17(10-14)29(33)34/h1-11,18-21H/t18-,19-,20-,21+/m0/s1. The van der Waals surface area contributed by atoms with Crippen LogP contribution in [0, 0.1) is 33.3 Å². The monoisotopic (exact) mass is 518 g/mol. The second kappa shape index (κ2) is 8.04. The van der Waals surface area contributed by atoms with Crippen LogP contribution in [0.5, 0.6) is 0 Å². The third-order valence-corrected chi connectivity index (χ3v) is 6.85. The summed E-state index contributed by atoms with van der Waals surface area (Å²) in [6, 6.07) is 12.4. The number of amides is 2. The highest BCUT2D eigenvalue weighted by Crippen LogP contribution is 2.47. The number of fused-ring (bicyclic) bond motifs is 3. The number of nitriles is 1. The van der Waals surface area contributed by atoms with Crippen molar-refractivity contribution in [2.24, 2.45) is 11.8 Å². The minimum atomic E-state index is -1.06. The van der Waals surface area contributed by atoms with Crippen LogP contribution in [0.25, 0.3) is 0 Å². The van der Waals surface area contributed by atoms with Crippen LogP contribution in [0.1, 0.15) is 10.4 Å². The van der Waals surface area contributed by atoms with Gasteiger partial charge in [-0.3, -0.25) is 24.5 Å². The van der Waals surface area contributed by atoms with Crippen molar-refractivity contribution >= 4 is 44.9 Å². The minimum absolute atomic E-state index is 0.0724. The number of carbonyl (C=O) groups is 3. The Bertz CT molecular complexity index is 1380. The van der Waals surface area contributed by atoms with E-state index >= 15 is 0 Å². The normalized spacial score (nSPS) is 25.0. The highest BCUT2D eigenvalue weighted by Gasteiger charge is 2.63. The van der Waals surface area contributed by atoms with Crippen molar-refractivity contribution in [3.05, 3.63) is 92.6 Å². The summed E-state index contributed by atoms with van der Waals surface area (Å²) >= 11 is 3.35. The number of halogens is 1. The lowest BCUT2D eigenvalue weighted by Gasteiger charge is -2.32. The van der Waals surface area contributed by atoms with Gasteiger partial charge in [0, 0.05) is 28.4 Å². The van der Waals surface area contributed by atoms with Gasteiger partial charge in [-0.2, -0.15) is 5.26 Å². The van der Waals surface area contributed by atoms with Crippen molar-refractivity contribution in [2.45, 2.75) is 12.1 Å². The first-order valence-corrected chi connectivity index (χ1v) is 11.1. The number of ketones is 1. The molecule has 2 aromatic carbocycles. The van der Waals surface area contributed by atoms with Crippen LogP contribution in [0.4, 0.5) is 11.4 Å². The second-order valence-electron chi connectivity index (χ2n) is 8.15. The molecule has 0 radical (unpaired) electrons. The maximum absolute atomic E-state index is 13.6. The average molecular weight is 519 g/mol. The summed E-state index contributed by atoms with van der Waals surface area (Å²) in [7, 11) is 0. The number of benzene rings is 2. The molecule has 5 rings (SSSR count). The fourth-order valence-electron chi connectivity index (χ4n) is 4.93. The number of anilines is 1. The molecule has 3 aliphatic rings. The number of nitro benzene ring substituents is 1. The molecule has 0 aliphatic carbocycles. The number of hydrogen-bond donors (Lipinski definition) is 0. The van der Waals surface area contributed by atoms with Crippen molar-refractivity contribution < 1.29 is 19.3 Å². The summed E-state index contributed by atoms with van der Waals surface area (Å²) < 4.78 is 0.681. The number of nitrogens with zero attached hydrogens (tertiary/aromatic N) is 4. The zero-order valence-corrected chi connectivity index (χ0v) is 19.0. The van der Waals surface area contributed by atoms with Gasteiger partial charge in [-0.05, 0) is 30.4 Å². The molecule has 3 heterocycles. The molecule has 34 heavy (non-hydrogen) atoms. The predicted molar refractivity (Wildman–Crippen MR) is 123 cm³/mol. The number of carbonyl (C=O) groups excluding carboxylic acids is 3. The molecular weight excluding hydrogens is 504 g/mol. The number of nitro groups is 1. The molecular formula is C24H15BrN4O5. The summed E-state index contributed by atoms with van der Waals surface area (Å²) in [6.07, 6.45) is 4.66.